The van der Waals surface area contributed by atoms with Crippen LogP contribution in [0.5, 0.6) is 0 Å². The molecule has 0 unspecified atom stereocenters. The van der Waals surface area contributed by atoms with Crippen LogP contribution in [0.15, 0.2) is 47.4 Å². The summed E-state index contributed by atoms with van der Waals surface area (Å²) in [6, 6.07) is 11.6. The predicted molar refractivity (Wildman–Crippen MR) is 111 cm³/mol. The first-order valence-electron chi connectivity index (χ1n) is 9.96. The molecule has 2 aromatic carbocycles. The van der Waals surface area contributed by atoms with Crippen LogP contribution in [0.1, 0.15) is 47.7 Å². The maximum Gasteiger partial charge on any atom is 0.253 e. The molecule has 1 amide bonds. The van der Waals surface area contributed by atoms with E-state index in [4.69, 9.17) is 0 Å². The first-order valence-corrected chi connectivity index (χ1v) is 11.4. The molecule has 0 aromatic heterocycles. The SMILES string of the molecule is CCc1ccc(CN(C)C(=O)c2ccc(F)c(S(=O)(=O)N3CCCCC3)c2)cc1. The number of carbonyl (C=O) groups is 1. The van der Waals surface area contributed by atoms with E-state index in [1.165, 1.54) is 20.8 Å². The van der Waals surface area contributed by atoms with Gasteiger partial charge in [-0.15, -0.1) is 0 Å². The quantitative estimate of drug-likeness (QED) is 0.716. The van der Waals surface area contributed by atoms with Gasteiger partial charge in [-0.2, -0.15) is 4.31 Å². The van der Waals surface area contributed by atoms with Gasteiger partial charge in [-0.25, -0.2) is 12.8 Å². The number of piperidine rings is 1. The average molecular weight is 419 g/mol. The third-order valence-electron chi connectivity index (χ3n) is 5.31. The molecule has 5 nitrogen and oxygen atoms in total. The lowest BCUT2D eigenvalue weighted by atomic mass is 10.1. The Morgan fingerprint density at radius 3 is 2.28 bits per heavy atom. The molecule has 1 aliphatic heterocycles. The van der Waals surface area contributed by atoms with E-state index in [-0.39, 0.29) is 11.5 Å². The highest BCUT2D eigenvalue weighted by molar-refractivity contribution is 7.89. The summed E-state index contributed by atoms with van der Waals surface area (Å²) in [4.78, 5) is 13.9. The Kier molecular flexibility index (Phi) is 6.70. The fourth-order valence-corrected chi connectivity index (χ4v) is 5.13. The molecule has 0 N–H and O–H groups in total. The highest BCUT2D eigenvalue weighted by Crippen LogP contribution is 2.24. The minimum Gasteiger partial charge on any atom is -0.337 e. The topological polar surface area (TPSA) is 57.7 Å². The van der Waals surface area contributed by atoms with E-state index in [0.717, 1.165) is 43.4 Å². The van der Waals surface area contributed by atoms with Crippen LogP contribution in [0.25, 0.3) is 0 Å². The Hall–Kier alpha value is -2.25. The lowest BCUT2D eigenvalue weighted by Crippen LogP contribution is -2.36. The van der Waals surface area contributed by atoms with Gasteiger partial charge in [0.1, 0.15) is 10.7 Å². The predicted octanol–water partition coefficient (Wildman–Crippen LogP) is 3.83. The minimum absolute atomic E-state index is 0.162. The van der Waals surface area contributed by atoms with Gasteiger partial charge >= 0.3 is 0 Å². The fourth-order valence-electron chi connectivity index (χ4n) is 3.52. The Labute approximate surface area is 172 Å². The van der Waals surface area contributed by atoms with Crippen molar-refractivity contribution in [1.29, 1.82) is 0 Å². The van der Waals surface area contributed by atoms with Gasteiger partial charge in [-0.3, -0.25) is 4.79 Å². The molecule has 2 aromatic rings. The molecule has 156 valence electrons. The Bertz CT molecular complexity index is 968. The summed E-state index contributed by atoms with van der Waals surface area (Å²) in [5.74, 6) is -1.18. The van der Waals surface area contributed by atoms with Gasteiger partial charge in [0.25, 0.3) is 5.91 Å². The first-order chi connectivity index (χ1) is 13.8. The van der Waals surface area contributed by atoms with Gasteiger partial charge in [0.2, 0.25) is 10.0 Å². The number of benzene rings is 2. The second-order valence-corrected chi connectivity index (χ2v) is 9.35. The van der Waals surface area contributed by atoms with Crippen molar-refractivity contribution in [3.8, 4) is 0 Å². The zero-order valence-corrected chi connectivity index (χ0v) is 17.7. The molecule has 1 saturated heterocycles. The molecule has 1 heterocycles. The van der Waals surface area contributed by atoms with Crippen LogP contribution in [-0.4, -0.2) is 43.7 Å². The molecule has 0 bridgehead atoms. The van der Waals surface area contributed by atoms with Crippen LogP contribution in [-0.2, 0) is 23.0 Å². The molecule has 0 spiro atoms. The van der Waals surface area contributed by atoms with Gasteiger partial charge in [-0.05, 0) is 48.6 Å². The average Bonchev–Trinajstić information content (AvgIpc) is 2.74. The number of aryl methyl sites for hydroxylation is 1. The molecule has 0 aliphatic carbocycles. The first kappa shape index (κ1) is 21.5. The van der Waals surface area contributed by atoms with Crippen molar-refractivity contribution in [2.75, 3.05) is 20.1 Å². The highest BCUT2D eigenvalue weighted by Gasteiger charge is 2.29. The van der Waals surface area contributed by atoms with E-state index >= 15 is 0 Å². The third kappa shape index (κ3) is 4.85. The number of sulfonamides is 1. The lowest BCUT2D eigenvalue weighted by Gasteiger charge is -2.26. The second-order valence-electron chi connectivity index (χ2n) is 7.44. The molecule has 29 heavy (non-hydrogen) atoms. The van der Waals surface area contributed by atoms with Gasteiger partial charge < -0.3 is 4.90 Å². The van der Waals surface area contributed by atoms with Crippen LogP contribution in [0, 0.1) is 5.82 Å². The van der Waals surface area contributed by atoms with Crippen LogP contribution in [0.4, 0.5) is 4.39 Å². The fraction of sp³-hybridized carbons (Fsp3) is 0.409. The van der Waals surface area contributed by atoms with Gasteiger partial charge in [0, 0.05) is 32.2 Å². The van der Waals surface area contributed by atoms with Crippen LogP contribution in [0.3, 0.4) is 0 Å². The number of carbonyl (C=O) groups excluding carboxylic acids is 1. The van der Waals surface area contributed by atoms with Crippen LogP contribution >= 0.6 is 0 Å². The van der Waals surface area contributed by atoms with Gasteiger partial charge in [0.05, 0.1) is 0 Å². The van der Waals surface area contributed by atoms with Gasteiger partial charge in [-0.1, -0.05) is 37.6 Å². The number of amides is 1. The molecule has 7 heteroatoms. The molecular weight excluding hydrogens is 391 g/mol. The zero-order valence-electron chi connectivity index (χ0n) is 16.9. The van der Waals surface area contributed by atoms with Crippen molar-refractivity contribution in [2.24, 2.45) is 0 Å². The van der Waals surface area contributed by atoms with E-state index in [2.05, 4.69) is 6.92 Å². The molecule has 3 rings (SSSR count). The summed E-state index contributed by atoms with van der Waals surface area (Å²) in [6.45, 7) is 3.23. The summed E-state index contributed by atoms with van der Waals surface area (Å²) in [7, 11) is -2.30. The summed E-state index contributed by atoms with van der Waals surface area (Å²) in [5.41, 5.74) is 2.35. The molecule has 1 aliphatic rings. The largest absolute Gasteiger partial charge is 0.337 e. The minimum atomic E-state index is -3.95. The molecule has 0 saturated carbocycles. The Balaban J connectivity index is 1.81. The number of nitrogens with zero attached hydrogens (tertiary/aromatic N) is 2. The van der Waals surface area contributed by atoms with E-state index in [0.29, 0.717) is 19.6 Å². The van der Waals surface area contributed by atoms with Crippen molar-refractivity contribution >= 4 is 15.9 Å². The smallest absolute Gasteiger partial charge is 0.253 e. The van der Waals surface area contributed by atoms with E-state index in [1.807, 2.05) is 24.3 Å². The zero-order chi connectivity index (χ0) is 21.0. The number of hydrogen-bond acceptors (Lipinski definition) is 3. The summed E-state index contributed by atoms with van der Waals surface area (Å²) < 4.78 is 41.4. The van der Waals surface area contributed by atoms with Crippen molar-refractivity contribution in [2.45, 2.75) is 44.0 Å². The molecule has 0 atom stereocenters. The number of halogens is 1. The van der Waals surface area contributed by atoms with Crippen molar-refractivity contribution in [1.82, 2.24) is 9.21 Å². The van der Waals surface area contributed by atoms with Crippen molar-refractivity contribution < 1.29 is 17.6 Å². The van der Waals surface area contributed by atoms with Crippen LogP contribution < -0.4 is 0 Å². The number of hydrogen-bond donors (Lipinski definition) is 0. The molecule has 0 radical (unpaired) electrons. The molecule has 1 fully saturated rings. The summed E-state index contributed by atoms with van der Waals surface area (Å²) in [6.07, 6.45) is 3.44. The normalized spacial score (nSPS) is 15.3. The second kappa shape index (κ2) is 9.05. The summed E-state index contributed by atoms with van der Waals surface area (Å²) in [5, 5.41) is 0. The maximum absolute atomic E-state index is 14.4. The van der Waals surface area contributed by atoms with Crippen molar-refractivity contribution in [3.63, 3.8) is 0 Å². The lowest BCUT2D eigenvalue weighted by molar-refractivity contribution is 0.0784. The maximum atomic E-state index is 14.4. The Morgan fingerprint density at radius 1 is 1.03 bits per heavy atom. The van der Waals surface area contributed by atoms with Crippen LogP contribution in [0.2, 0.25) is 0 Å². The Morgan fingerprint density at radius 2 is 1.66 bits per heavy atom. The standard InChI is InChI=1S/C22H27FN2O3S/c1-3-17-7-9-18(10-8-17)16-24(2)22(26)19-11-12-20(23)21(15-19)29(27,28)25-13-5-4-6-14-25/h7-12,15H,3-6,13-14,16H2,1-2H3. The van der Waals surface area contributed by atoms with E-state index in [9.17, 15) is 17.6 Å². The van der Waals surface area contributed by atoms with E-state index in [1.54, 1.807) is 7.05 Å². The third-order valence-corrected chi connectivity index (χ3v) is 7.22. The van der Waals surface area contributed by atoms with E-state index < -0.39 is 20.7 Å². The van der Waals surface area contributed by atoms with Gasteiger partial charge in [0.15, 0.2) is 0 Å². The number of rotatable bonds is 6. The monoisotopic (exact) mass is 418 g/mol. The highest BCUT2D eigenvalue weighted by atomic mass is 32.2. The van der Waals surface area contributed by atoms with Crippen molar-refractivity contribution in [3.05, 3.63) is 65.0 Å². The summed E-state index contributed by atoms with van der Waals surface area (Å²) >= 11 is 0. The molecular formula is C22H27FN2O3S.